The first-order chi connectivity index (χ1) is 12.1. The van der Waals surface area contributed by atoms with Crippen molar-refractivity contribution in [3.05, 3.63) is 82.8 Å². The average molecular weight is 389 g/mol. The van der Waals surface area contributed by atoms with E-state index in [0.29, 0.717) is 20.8 Å². The molecule has 25 heavy (non-hydrogen) atoms. The topological polar surface area (TPSA) is 33.3 Å². The predicted molar refractivity (Wildman–Crippen MR) is 109 cm³/mol. The number of rotatable bonds is 4. The molecule has 3 aromatic rings. The van der Waals surface area contributed by atoms with Gasteiger partial charge in [-0.05, 0) is 60.7 Å². The fourth-order valence-electron chi connectivity index (χ4n) is 2.12. The summed E-state index contributed by atoms with van der Waals surface area (Å²) >= 11 is 17.4. The van der Waals surface area contributed by atoms with Crippen LogP contribution in [0.3, 0.4) is 0 Å². The van der Waals surface area contributed by atoms with Crippen molar-refractivity contribution in [2.45, 2.75) is 0 Å². The number of nitrogens with one attached hydrogen (secondary N) is 2. The molecular weight excluding hydrogens is 375 g/mol. The lowest BCUT2D eigenvalue weighted by Crippen LogP contribution is -2.19. The SMILES string of the molecule is S=C(Nc1ccc(Oc2ccccc2)cc1)Nc1cccc(Cl)c1Cl. The molecule has 0 fully saturated rings. The normalized spacial score (nSPS) is 10.2. The third-order valence-electron chi connectivity index (χ3n) is 3.29. The lowest BCUT2D eigenvalue weighted by Gasteiger charge is -2.13. The highest BCUT2D eigenvalue weighted by atomic mass is 35.5. The molecular formula is C19H14Cl2N2OS. The van der Waals surface area contributed by atoms with Crippen molar-refractivity contribution >= 4 is 51.9 Å². The Hall–Kier alpha value is -2.27. The van der Waals surface area contributed by atoms with E-state index in [2.05, 4.69) is 10.6 Å². The predicted octanol–water partition coefficient (Wildman–Crippen LogP) is 6.59. The van der Waals surface area contributed by atoms with E-state index in [0.717, 1.165) is 17.2 Å². The largest absolute Gasteiger partial charge is 0.457 e. The third-order valence-corrected chi connectivity index (χ3v) is 4.31. The summed E-state index contributed by atoms with van der Waals surface area (Å²) in [5.41, 5.74) is 1.48. The molecule has 0 unspecified atom stereocenters. The van der Waals surface area contributed by atoms with Gasteiger partial charge in [-0.15, -0.1) is 0 Å². The summed E-state index contributed by atoms with van der Waals surface area (Å²) < 4.78 is 5.75. The Morgan fingerprint density at radius 1 is 0.760 bits per heavy atom. The fourth-order valence-corrected chi connectivity index (χ4v) is 2.69. The molecule has 126 valence electrons. The zero-order valence-electron chi connectivity index (χ0n) is 13.0. The highest BCUT2D eigenvalue weighted by Gasteiger charge is 2.06. The van der Waals surface area contributed by atoms with Crippen LogP contribution in [0.5, 0.6) is 11.5 Å². The van der Waals surface area contributed by atoms with Crippen LogP contribution in [0.25, 0.3) is 0 Å². The van der Waals surface area contributed by atoms with Gasteiger partial charge in [0, 0.05) is 5.69 Å². The number of ether oxygens (including phenoxy) is 1. The fraction of sp³-hybridized carbons (Fsp3) is 0. The molecule has 0 aromatic heterocycles. The molecule has 0 aliphatic heterocycles. The Morgan fingerprint density at radius 2 is 1.44 bits per heavy atom. The van der Waals surface area contributed by atoms with Crippen molar-refractivity contribution in [1.29, 1.82) is 0 Å². The molecule has 0 amide bonds. The van der Waals surface area contributed by atoms with Gasteiger partial charge in [0.15, 0.2) is 5.11 Å². The second-order valence-corrected chi connectivity index (χ2v) is 6.31. The first-order valence-electron chi connectivity index (χ1n) is 7.47. The maximum absolute atomic E-state index is 6.14. The Kier molecular flexibility index (Phi) is 5.76. The molecule has 0 aliphatic rings. The van der Waals surface area contributed by atoms with Crippen LogP contribution in [-0.4, -0.2) is 5.11 Å². The van der Waals surface area contributed by atoms with E-state index in [4.69, 9.17) is 40.2 Å². The minimum atomic E-state index is 0.417. The van der Waals surface area contributed by atoms with Crippen molar-refractivity contribution in [1.82, 2.24) is 0 Å². The number of para-hydroxylation sites is 1. The van der Waals surface area contributed by atoms with Crippen LogP contribution in [0.4, 0.5) is 11.4 Å². The minimum Gasteiger partial charge on any atom is -0.457 e. The summed E-state index contributed by atoms with van der Waals surface area (Å²) in [6, 6.07) is 22.4. The quantitative estimate of drug-likeness (QED) is 0.493. The van der Waals surface area contributed by atoms with Gasteiger partial charge in [0.1, 0.15) is 11.5 Å². The molecule has 3 rings (SSSR count). The summed E-state index contributed by atoms with van der Waals surface area (Å²) in [5, 5.41) is 7.44. The number of thiocarbonyl (C=S) groups is 1. The van der Waals surface area contributed by atoms with E-state index < -0.39 is 0 Å². The van der Waals surface area contributed by atoms with E-state index in [-0.39, 0.29) is 0 Å². The van der Waals surface area contributed by atoms with Crippen molar-refractivity contribution in [2.24, 2.45) is 0 Å². The Labute approximate surface area is 161 Å². The molecule has 3 aromatic carbocycles. The number of hydrogen-bond donors (Lipinski definition) is 2. The molecule has 0 saturated carbocycles. The van der Waals surface area contributed by atoms with E-state index in [1.165, 1.54) is 0 Å². The van der Waals surface area contributed by atoms with Crippen LogP contribution in [-0.2, 0) is 0 Å². The zero-order valence-corrected chi connectivity index (χ0v) is 15.3. The second kappa shape index (κ2) is 8.21. The Balaban J connectivity index is 1.61. The van der Waals surface area contributed by atoms with E-state index in [9.17, 15) is 0 Å². The Bertz CT molecular complexity index is 870. The van der Waals surface area contributed by atoms with Gasteiger partial charge in [-0.1, -0.05) is 47.5 Å². The average Bonchev–Trinajstić information content (AvgIpc) is 2.62. The van der Waals surface area contributed by atoms with Gasteiger partial charge in [0.25, 0.3) is 0 Å². The standard InChI is InChI=1S/C19H14Cl2N2OS/c20-16-7-4-8-17(18(16)21)23-19(25)22-13-9-11-15(12-10-13)24-14-5-2-1-3-6-14/h1-12H,(H2,22,23,25). The summed E-state index contributed by atoms with van der Waals surface area (Å²) in [7, 11) is 0. The smallest absolute Gasteiger partial charge is 0.175 e. The van der Waals surface area contributed by atoms with E-state index in [1.807, 2.05) is 54.6 Å². The molecule has 0 saturated heterocycles. The molecule has 0 spiro atoms. The lowest BCUT2D eigenvalue weighted by atomic mass is 10.3. The van der Waals surface area contributed by atoms with Gasteiger partial charge >= 0.3 is 0 Å². The van der Waals surface area contributed by atoms with Gasteiger partial charge < -0.3 is 15.4 Å². The van der Waals surface area contributed by atoms with Crippen molar-refractivity contribution in [3.63, 3.8) is 0 Å². The number of benzene rings is 3. The van der Waals surface area contributed by atoms with Crippen LogP contribution >= 0.6 is 35.4 Å². The van der Waals surface area contributed by atoms with Crippen LogP contribution in [0.1, 0.15) is 0 Å². The lowest BCUT2D eigenvalue weighted by molar-refractivity contribution is 0.483. The molecule has 3 nitrogen and oxygen atoms in total. The van der Waals surface area contributed by atoms with Gasteiger partial charge in [-0.3, -0.25) is 0 Å². The van der Waals surface area contributed by atoms with Crippen LogP contribution in [0.15, 0.2) is 72.8 Å². The highest BCUT2D eigenvalue weighted by Crippen LogP contribution is 2.29. The summed E-state index contributed by atoms with van der Waals surface area (Å²) in [6.07, 6.45) is 0. The molecule has 2 N–H and O–H groups in total. The van der Waals surface area contributed by atoms with E-state index >= 15 is 0 Å². The van der Waals surface area contributed by atoms with Crippen molar-refractivity contribution in [2.75, 3.05) is 10.6 Å². The third kappa shape index (κ3) is 4.86. The minimum absolute atomic E-state index is 0.417. The van der Waals surface area contributed by atoms with Gasteiger partial charge in [0.2, 0.25) is 0 Å². The van der Waals surface area contributed by atoms with Gasteiger partial charge in [0.05, 0.1) is 15.7 Å². The first-order valence-corrected chi connectivity index (χ1v) is 8.63. The maximum atomic E-state index is 6.14. The van der Waals surface area contributed by atoms with Crippen LogP contribution < -0.4 is 15.4 Å². The molecule has 0 aliphatic carbocycles. The van der Waals surface area contributed by atoms with Gasteiger partial charge in [-0.25, -0.2) is 0 Å². The van der Waals surface area contributed by atoms with Crippen LogP contribution in [0, 0.1) is 0 Å². The Morgan fingerprint density at radius 3 is 2.16 bits per heavy atom. The molecule has 0 radical (unpaired) electrons. The molecule has 6 heteroatoms. The number of anilines is 2. The summed E-state index contributed by atoms with van der Waals surface area (Å²) in [5.74, 6) is 1.53. The van der Waals surface area contributed by atoms with Crippen molar-refractivity contribution in [3.8, 4) is 11.5 Å². The maximum Gasteiger partial charge on any atom is 0.175 e. The molecule has 0 bridgehead atoms. The summed E-state index contributed by atoms with van der Waals surface area (Å²) in [4.78, 5) is 0. The van der Waals surface area contributed by atoms with Gasteiger partial charge in [-0.2, -0.15) is 0 Å². The molecule has 0 atom stereocenters. The van der Waals surface area contributed by atoms with Crippen molar-refractivity contribution < 1.29 is 4.74 Å². The second-order valence-electron chi connectivity index (χ2n) is 5.12. The van der Waals surface area contributed by atoms with Crippen LogP contribution in [0.2, 0.25) is 10.0 Å². The number of hydrogen-bond acceptors (Lipinski definition) is 2. The molecule has 0 heterocycles. The first kappa shape index (κ1) is 17.5. The zero-order chi connectivity index (χ0) is 17.6. The number of halogens is 2. The monoisotopic (exact) mass is 388 g/mol. The summed E-state index contributed by atoms with van der Waals surface area (Å²) in [6.45, 7) is 0. The highest BCUT2D eigenvalue weighted by molar-refractivity contribution is 7.80. The van der Waals surface area contributed by atoms with E-state index in [1.54, 1.807) is 18.2 Å².